The first kappa shape index (κ1) is 12.6. The van der Waals surface area contributed by atoms with Gasteiger partial charge in [-0.25, -0.2) is 4.39 Å². The maximum absolute atomic E-state index is 13.3. The predicted molar refractivity (Wildman–Crippen MR) is 73.7 cm³/mol. The summed E-state index contributed by atoms with van der Waals surface area (Å²) in [5.74, 6) is -0.158. The lowest BCUT2D eigenvalue weighted by molar-refractivity contribution is 0.119. The van der Waals surface area contributed by atoms with E-state index in [4.69, 9.17) is 5.73 Å². The van der Waals surface area contributed by atoms with Crippen LogP contribution in [0.3, 0.4) is 0 Å². The fourth-order valence-corrected chi connectivity index (χ4v) is 3.81. The number of hydrogen-bond donors (Lipinski definition) is 1. The molecule has 2 fully saturated rings. The molecule has 2 aliphatic heterocycles. The Labute approximate surface area is 115 Å². The summed E-state index contributed by atoms with van der Waals surface area (Å²) in [5, 5.41) is 0. The van der Waals surface area contributed by atoms with Gasteiger partial charge in [-0.05, 0) is 49.4 Å². The monoisotopic (exact) mass is 312 g/mol. The van der Waals surface area contributed by atoms with Gasteiger partial charge in [0, 0.05) is 29.1 Å². The van der Waals surface area contributed by atoms with E-state index in [1.54, 1.807) is 12.1 Å². The summed E-state index contributed by atoms with van der Waals surface area (Å²) in [6.45, 7) is 0.834. The number of rotatable bonds is 2. The van der Waals surface area contributed by atoms with E-state index in [0.717, 1.165) is 29.4 Å². The van der Waals surface area contributed by atoms with Crippen LogP contribution in [0.2, 0.25) is 0 Å². The lowest BCUT2D eigenvalue weighted by atomic mass is 9.97. The number of nitrogens with two attached hydrogens (primary N) is 1. The van der Waals surface area contributed by atoms with Crippen LogP contribution in [0.15, 0.2) is 22.7 Å². The normalized spacial score (nSPS) is 31.8. The zero-order valence-electron chi connectivity index (χ0n) is 10.3. The Morgan fingerprint density at radius 1 is 1.28 bits per heavy atom. The van der Waals surface area contributed by atoms with Crippen molar-refractivity contribution in [3.8, 4) is 0 Å². The molecule has 2 saturated heterocycles. The van der Waals surface area contributed by atoms with Crippen LogP contribution in [0.5, 0.6) is 0 Å². The molecule has 0 aliphatic carbocycles. The highest BCUT2D eigenvalue weighted by molar-refractivity contribution is 9.10. The average Bonchev–Trinajstić information content (AvgIpc) is 2.57. The summed E-state index contributed by atoms with van der Waals surface area (Å²) in [7, 11) is 0. The van der Waals surface area contributed by atoms with Crippen molar-refractivity contribution in [3.63, 3.8) is 0 Å². The van der Waals surface area contributed by atoms with Gasteiger partial charge < -0.3 is 5.73 Å². The van der Waals surface area contributed by atoms with E-state index in [0.29, 0.717) is 18.1 Å². The molecule has 1 aromatic carbocycles. The summed E-state index contributed by atoms with van der Waals surface area (Å²) in [4.78, 5) is 2.52. The Balaban J connectivity index is 1.79. The maximum Gasteiger partial charge on any atom is 0.123 e. The molecule has 2 heterocycles. The Morgan fingerprint density at radius 2 is 1.94 bits per heavy atom. The van der Waals surface area contributed by atoms with E-state index in [9.17, 15) is 4.39 Å². The fourth-order valence-electron chi connectivity index (χ4n) is 3.44. The van der Waals surface area contributed by atoms with Crippen LogP contribution in [0.1, 0.15) is 31.2 Å². The third-order valence-electron chi connectivity index (χ3n) is 4.28. The Kier molecular flexibility index (Phi) is 3.43. The topological polar surface area (TPSA) is 29.3 Å². The first-order valence-electron chi connectivity index (χ1n) is 6.59. The van der Waals surface area contributed by atoms with Crippen LogP contribution in [0.4, 0.5) is 4.39 Å². The molecule has 0 aromatic heterocycles. The molecule has 1 aromatic rings. The lowest BCUT2D eigenvalue weighted by Gasteiger charge is -2.37. The van der Waals surface area contributed by atoms with Gasteiger partial charge in [-0.2, -0.15) is 0 Å². The Hall–Kier alpha value is -0.450. The van der Waals surface area contributed by atoms with Crippen LogP contribution < -0.4 is 5.73 Å². The molecule has 0 amide bonds. The van der Waals surface area contributed by atoms with Gasteiger partial charge in [0.1, 0.15) is 5.82 Å². The van der Waals surface area contributed by atoms with E-state index in [1.165, 1.54) is 18.9 Å². The quantitative estimate of drug-likeness (QED) is 0.909. The van der Waals surface area contributed by atoms with Gasteiger partial charge in [0.25, 0.3) is 0 Å². The fraction of sp³-hybridized carbons (Fsp3) is 0.571. The van der Waals surface area contributed by atoms with Crippen molar-refractivity contribution in [2.45, 2.75) is 50.4 Å². The Morgan fingerprint density at radius 3 is 2.61 bits per heavy atom. The van der Waals surface area contributed by atoms with E-state index >= 15 is 0 Å². The number of fused-ring (bicyclic) bond motifs is 2. The zero-order valence-corrected chi connectivity index (χ0v) is 11.9. The number of benzene rings is 1. The van der Waals surface area contributed by atoms with Crippen LogP contribution in [-0.4, -0.2) is 23.0 Å². The minimum absolute atomic E-state index is 0.158. The second-order valence-electron chi connectivity index (χ2n) is 5.52. The van der Waals surface area contributed by atoms with E-state index < -0.39 is 0 Å². The zero-order chi connectivity index (χ0) is 12.7. The smallest absolute Gasteiger partial charge is 0.123 e. The second kappa shape index (κ2) is 4.91. The molecular weight excluding hydrogens is 295 g/mol. The largest absolute Gasteiger partial charge is 0.328 e. The number of halogens is 2. The predicted octanol–water partition coefficient (Wildman–Crippen LogP) is 3.04. The van der Waals surface area contributed by atoms with Crippen LogP contribution in [0, 0.1) is 5.82 Å². The standard InChI is InChI=1S/C14H18BrFN2/c15-14-4-1-10(16)5-9(14)8-18-12-2-3-13(18)7-11(17)6-12/h1,4-5,11-13H,2-3,6-8,17H2. The molecule has 2 aliphatic rings. The summed E-state index contributed by atoms with van der Waals surface area (Å²) >= 11 is 3.51. The van der Waals surface area contributed by atoms with Crippen LogP contribution in [0.25, 0.3) is 0 Å². The van der Waals surface area contributed by atoms with Crippen molar-refractivity contribution in [2.75, 3.05) is 0 Å². The molecular formula is C14H18BrFN2. The van der Waals surface area contributed by atoms with Gasteiger partial charge in [0.2, 0.25) is 0 Å². The molecule has 2 unspecified atom stereocenters. The Bertz CT molecular complexity index is 437. The lowest BCUT2D eigenvalue weighted by Crippen LogP contribution is -2.46. The number of nitrogens with zero attached hydrogens (tertiary/aromatic N) is 1. The maximum atomic E-state index is 13.3. The third-order valence-corrected chi connectivity index (χ3v) is 5.06. The van der Waals surface area contributed by atoms with Crippen molar-refractivity contribution in [1.82, 2.24) is 4.90 Å². The van der Waals surface area contributed by atoms with Crippen molar-refractivity contribution < 1.29 is 4.39 Å². The van der Waals surface area contributed by atoms with Crippen LogP contribution >= 0.6 is 15.9 Å². The molecule has 4 heteroatoms. The molecule has 2 bridgehead atoms. The van der Waals surface area contributed by atoms with Crippen molar-refractivity contribution >= 4 is 15.9 Å². The minimum Gasteiger partial charge on any atom is -0.328 e. The molecule has 0 radical (unpaired) electrons. The summed E-state index contributed by atoms with van der Waals surface area (Å²) in [6, 6.07) is 6.46. The SMILES string of the molecule is NC1CC2CCC(C1)N2Cc1cc(F)ccc1Br. The van der Waals surface area contributed by atoms with Gasteiger partial charge >= 0.3 is 0 Å². The van der Waals surface area contributed by atoms with E-state index in [-0.39, 0.29) is 5.82 Å². The first-order chi connectivity index (χ1) is 8.63. The minimum atomic E-state index is -0.158. The first-order valence-corrected chi connectivity index (χ1v) is 7.38. The van der Waals surface area contributed by atoms with E-state index in [1.807, 2.05) is 0 Å². The van der Waals surface area contributed by atoms with E-state index in [2.05, 4.69) is 20.8 Å². The van der Waals surface area contributed by atoms with Gasteiger partial charge in [-0.3, -0.25) is 4.90 Å². The molecule has 0 spiro atoms. The number of hydrogen-bond acceptors (Lipinski definition) is 2. The highest BCUT2D eigenvalue weighted by Crippen LogP contribution is 2.37. The number of piperidine rings is 1. The molecule has 18 heavy (non-hydrogen) atoms. The van der Waals surface area contributed by atoms with Crippen molar-refractivity contribution in [1.29, 1.82) is 0 Å². The van der Waals surface area contributed by atoms with Crippen LogP contribution in [-0.2, 0) is 6.54 Å². The average molecular weight is 313 g/mol. The molecule has 2 N–H and O–H groups in total. The van der Waals surface area contributed by atoms with Crippen molar-refractivity contribution in [3.05, 3.63) is 34.1 Å². The van der Waals surface area contributed by atoms with Gasteiger partial charge in [0.05, 0.1) is 0 Å². The molecule has 2 nitrogen and oxygen atoms in total. The van der Waals surface area contributed by atoms with Gasteiger partial charge in [0.15, 0.2) is 0 Å². The van der Waals surface area contributed by atoms with Gasteiger partial charge in [-0.15, -0.1) is 0 Å². The highest BCUT2D eigenvalue weighted by Gasteiger charge is 2.39. The third kappa shape index (κ3) is 2.33. The molecule has 0 saturated carbocycles. The summed E-state index contributed by atoms with van der Waals surface area (Å²) < 4.78 is 14.3. The molecule has 98 valence electrons. The summed E-state index contributed by atoms with van der Waals surface area (Å²) in [5.41, 5.74) is 7.11. The molecule has 2 atom stereocenters. The van der Waals surface area contributed by atoms with Crippen molar-refractivity contribution in [2.24, 2.45) is 5.73 Å². The summed E-state index contributed by atoms with van der Waals surface area (Å²) in [6.07, 6.45) is 4.66. The second-order valence-corrected chi connectivity index (χ2v) is 6.38. The van der Waals surface area contributed by atoms with Gasteiger partial charge in [-0.1, -0.05) is 15.9 Å². The molecule has 3 rings (SSSR count). The highest BCUT2D eigenvalue weighted by atomic mass is 79.9.